The predicted octanol–water partition coefficient (Wildman–Crippen LogP) is 3.56. The molecular weight excluding hydrogens is 478 g/mol. The zero-order valence-electron chi connectivity index (χ0n) is 19.6. The van der Waals surface area contributed by atoms with E-state index < -0.39 is 31.6 Å². The molecule has 9 nitrogen and oxygen atoms in total. The second-order valence-electron chi connectivity index (χ2n) is 8.86. The Morgan fingerprint density at radius 3 is 2.24 bits per heavy atom. The summed E-state index contributed by atoms with van der Waals surface area (Å²) in [4.78, 5) is 17.7. The molecule has 0 aliphatic carbocycles. The summed E-state index contributed by atoms with van der Waals surface area (Å²) < 4.78 is 56.9. The quantitative estimate of drug-likeness (QED) is 0.503. The van der Waals surface area contributed by atoms with Crippen LogP contribution in [-0.2, 0) is 31.1 Å². The number of carbonyl (C=O) groups excluding carboxylic acids is 1. The monoisotopic (exact) mass is 505 g/mol. The van der Waals surface area contributed by atoms with Crippen LogP contribution in [0, 0.1) is 0 Å². The van der Waals surface area contributed by atoms with E-state index in [-0.39, 0.29) is 16.3 Å². The third-order valence-electron chi connectivity index (χ3n) is 4.74. The Labute approximate surface area is 200 Å². The summed E-state index contributed by atoms with van der Waals surface area (Å²) in [6.07, 6.45) is 4.71. The fraction of sp³-hybridized carbons (Fsp3) is 0.304. The average molecular weight is 506 g/mol. The van der Waals surface area contributed by atoms with Gasteiger partial charge in [-0.25, -0.2) is 25.6 Å². The van der Waals surface area contributed by atoms with Crippen LogP contribution in [0.3, 0.4) is 0 Å². The molecule has 1 amide bonds. The predicted molar refractivity (Wildman–Crippen MR) is 127 cm³/mol. The Kier molecular flexibility index (Phi) is 6.90. The normalized spacial score (nSPS) is 12.4. The van der Waals surface area contributed by atoms with Crippen molar-refractivity contribution in [1.82, 2.24) is 13.9 Å². The van der Waals surface area contributed by atoms with E-state index in [4.69, 9.17) is 4.74 Å². The van der Waals surface area contributed by atoms with Gasteiger partial charge in [-0.15, -0.1) is 0 Å². The zero-order chi connectivity index (χ0) is 25.3. The van der Waals surface area contributed by atoms with Crippen molar-refractivity contribution in [2.75, 3.05) is 13.3 Å². The first-order valence-corrected chi connectivity index (χ1v) is 13.6. The lowest BCUT2D eigenvalue weighted by atomic mass is 10.1. The molecule has 3 aromatic rings. The van der Waals surface area contributed by atoms with E-state index in [2.05, 4.69) is 4.98 Å². The molecule has 0 N–H and O–H groups in total. The zero-order valence-corrected chi connectivity index (χ0v) is 21.2. The highest BCUT2D eigenvalue weighted by atomic mass is 32.2. The van der Waals surface area contributed by atoms with Crippen molar-refractivity contribution in [3.8, 4) is 11.3 Å². The second-order valence-corrected chi connectivity index (χ2v) is 12.7. The molecule has 1 aromatic carbocycles. The van der Waals surface area contributed by atoms with Crippen LogP contribution in [0.1, 0.15) is 26.3 Å². The van der Waals surface area contributed by atoms with Crippen LogP contribution in [-0.4, -0.2) is 55.7 Å². The number of benzene rings is 1. The Bertz CT molecular complexity index is 1390. The van der Waals surface area contributed by atoms with E-state index in [9.17, 15) is 21.6 Å². The van der Waals surface area contributed by atoms with Crippen LogP contribution < -0.4 is 0 Å². The first kappa shape index (κ1) is 25.4. The smallest absolute Gasteiger partial charge is 0.410 e. The fourth-order valence-electron chi connectivity index (χ4n) is 3.16. The lowest BCUT2D eigenvalue weighted by molar-refractivity contribution is 0.0285. The maximum Gasteiger partial charge on any atom is 0.410 e. The molecule has 0 spiro atoms. The number of hydrogen-bond donors (Lipinski definition) is 0. The van der Waals surface area contributed by atoms with Gasteiger partial charge in [-0.3, -0.25) is 4.98 Å². The summed E-state index contributed by atoms with van der Waals surface area (Å²) >= 11 is 0. The lowest BCUT2D eigenvalue weighted by Gasteiger charge is -2.24. The van der Waals surface area contributed by atoms with E-state index in [1.54, 1.807) is 46.0 Å². The third kappa shape index (κ3) is 5.84. The number of pyridine rings is 1. The lowest BCUT2D eigenvalue weighted by Crippen LogP contribution is -2.33. The summed E-state index contributed by atoms with van der Waals surface area (Å²) in [5, 5.41) is 0. The van der Waals surface area contributed by atoms with Gasteiger partial charge in [0.05, 0.1) is 17.1 Å². The second kappa shape index (κ2) is 9.22. The van der Waals surface area contributed by atoms with E-state index >= 15 is 0 Å². The van der Waals surface area contributed by atoms with Crippen molar-refractivity contribution in [2.24, 2.45) is 0 Å². The van der Waals surface area contributed by atoms with Gasteiger partial charge in [0.15, 0.2) is 9.84 Å². The number of carbonyl (C=O) groups is 1. The van der Waals surface area contributed by atoms with E-state index in [0.29, 0.717) is 16.8 Å². The summed E-state index contributed by atoms with van der Waals surface area (Å²) in [5.74, 6) is 0. The summed E-state index contributed by atoms with van der Waals surface area (Å²) in [6, 6.07) is 10.5. The van der Waals surface area contributed by atoms with E-state index in [1.165, 1.54) is 47.8 Å². The van der Waals surface area contributed by atoms with Crippen LogP contribution in [0.25, 0.3) is 11.3 Å². The molecule has 0 radical (unpaired) electrons. The summed E-state index contributed by atoms with van der Waals surface area (Å²) in [7, 11) is -5.87. The minimum atomic E-state index is -4.02. The van der Waals surface area contributed by atoms with E-state index in [1.807, 2.05) is 0 Å². The molecule has 0 saturated carbocycles. The molecule has 2 heterocycles. The van der Waals surface area contributed by atoms with Crippen LogP contribution in [0.2, 0.25) is 0 Å². The summed E-state index contributed by atoms with van der Waals surface area (Å²) in [5.41, 5.74) is 0.679. The Morgan fingerprint density at radius 1 is 1.06 bits per heavy atom. The van der Waals surface area contributed by atoms with Crippen LogP contribution in [0.15, 0.2) is 70.8 Å². The van der Waals surface area contributed by atoms with Gasteiger partial charge in [-0.1, -0.05) is 12.1 Å². The topological polar surface area (TPSA) is 116 Å². The van der Waals surface area contributed by atoms with Crippen molar-refractivity contribution in [2.45, 2.75) is 42.7 Å². The maximum atomic E-state index is 13.4. The number of aromatic nitrogens is 2. The molecule has 0 saturated heterocycles. The average Bonchev–Trinajstić information content (AvgIpc) is 3.17. The molecule has 0 aliphatic rings. The molecular formula is C23H27N3O6S2. The minimum absolute atomic E-state index is 0.00773. The highest BCUT2D eigenvalue weighted by molar-refractivity contribution is 7.90. The van der Waals surface area contributed by atoms with Crippen LogP contribution >= 0.6 is 0 Å². The van der Waals surface area contributed by atoms with Gasteiger partial charge in [0, 0.05) is 31.9 Å². The molecule has 0 bridgehead atoms. The van der Waals surface area contributed by atoms with Crippen molar-refractivity contribution in [3.05, 3.63) is 66.6 Å². The van der Waals surface area contributed by atoms with Crippen molar-refractivity contribution in [1.29, 1.82) is 0 Å². The maximum absolute atomic E-state index is 13.4. The fourth-order valence-corrected chi connectivity index (χ4v) is 5.15. The molecule has 3 rings (SSSR count). The van der Waals surface area contributed by atoms with Crippen LogP contribution in [0.4, 0.5) is 4.79 Å². The molecule has 182 valence electrons. The van der Waals surface area contributed by atoms with Gasteiger partial charge < -0.3 is 9.64 Å². The summed E-state index contributed by atoms with van der Waals surface area (Å²) in [6.45, 7) is 5.37. The SMILES string of the molecule is CN(Cc1cc(-c2ccc(S(C)(=O)=O)cc2)n(S(=O)(=O)c2cccnc2)c1)C(=O)OC(C)(C)C. The Balaban J connectivity index is 2.07. The molecule has 0 atom stereocenters. The molecule has 11 heteroatoms. The molecule has 0 aliphatic heterocycles. The van der Waals surface area contributed by atoms with Gasteiger partial charge in [-0.05, 0) is 62.2 Å². The third-order valence-corrected chi connectivity index (χ3v) is 7.52. The van der Waals surface area contributed by atoms with Crippen LogP contribution in [0.5, 0.6) is 0 Å². The van der Waals surface area contributed by atoms with Gasteiger partial charge in [0.1, 0.15) is 10.5 Å². The number of amides is 1. The highest BCUT2D eigenvalue weighted by Crippen LogP contribution is 2.28. The molecule has 34 heavy (non-hydrogen) atoms. The van der Waals surface area contributed by atoms with E-state index in [0.717, 1.165) is 10.2 Å². The highest BCUT2D eigenvalue weighted by Gasteiger charge is 2.24. The van der Waals surface area contributed by atoms with Gasteiger partial charge in [0.25, 0.3) is 10.0 Å². The number of nitrogens with zero attached hydrogens (tertiary/aromatic N) is 3. The molecule has 0 unspecified atom stereocenters. The van der Waals surface area contributed by atoms with Gasteiger partial charge in [-0.2, -0.15) is 0 Å². The Morgan fingerprint density at radius 2 is 1.71 bits per heavy atom. The largest absolute Gasteiger partial charge is 0.444 e. The first-order valence-electron chi connectivity index (χ1n) is 10.3. The minimum Gasteiger partial charge on any atom is -0.444 e. The first-order chi connectivity index (χ1) is 15.7. The molecule has 0 fully saturated rings. The molecule has 2 aromatic heterocycles. The van der Waals surface area contributed by atoms with Gasteiger partial charge >= 0.3 is 6.09 Å². The van der Waals surface area contributed by atoms with Gasteiger partial charge in [0.2, 0.25) is 0 Å². The van der Waals surface area contributed by atoms with Crippen molar-refractivity contribution in [3.63, 3.8) is 0 Å². The number of sulfone groups is 1. The van der Waals surface area contributed by atoms with Crippen molar-refractivity contribution < 1.29 is 26.4 Å². The van der Waals surface area contributed by atoms with Crippen molar-refractivity contribution >= 4 is 26.0 Å². The Hall–Kier alpha value is -3.18. The number of ether oxygens (including phenoxy) is 1. The number of hydrogen-bond acceptors (Lipinski definition) is 7. The number of rotatable bonds is 6. The standard InChI is InChI=1S/C23H27N3O6S2/c1-23(2,3)32-22(27)25(4)15-17-13-21(18-8-10-19(11-9-18)33(5,28)29)26(16-17)34(30,31)20-7-6-12-24-14-20/h6-14,16H,15H2,1-5H3.